The van der Waals surface area contributed by atoms with Gasteiger partial charge in [0.15, 0.2) is 0 Å². The van der Waals surface area contributed by atoms with Gasteiger partial charge in [-0.2, -0.15) is 11.8 Å². The molecule has 0 amide bonds. The number of hydrogen-bond acceptors (Lipinski definition) is 2. The highest BCUT2D eigenvalue weighted by Crippen LogP contribution is 2.28. The molecule has 0 aromatic heterocycles. The molecular weight excluding hydrogens is 305 g/mol. The zero-order chi connectivity index (χ0) is 9.97. The summed E-state index contributed by atoms with van der Waals surface area (Å²) in [6, 6.07) is 9.24. The van der Waals surface area contributed by atoms with Gasteiger partial charge >= 0.3 is 0 Å². The average Bonchev–Trinajstić information content (AvgIpc) is 2.51. The van der Waals surface area contributed by atoms with Crippen LogP contribution in [0.15, 0.2) is 24.3 Å². The Labute approximate surface area is 103 Å². The van der Waals surface area contributed by atoms with E-state index >= 15 is 0 Å². The maximum Gasteiger partial charge on any atom is 0.0362 e. The first-order chi connectivity index (χ1) is 6.74. The summed E-state index contributed by atoms with van der Waals surface area (Å²) in [5.74, 6) is 1.24. The Kier molecular flexibility index (Phi) is 3.60. The maximum atomic E-state index is 3.59. The van der Waals surface area contributed by atoms with Crippen LogP contribution < -0.4 is 5.32 Å². The molecule has 1 aromatic rings. The molecule has 1 aliphatic rings. The largest absolute Gasteiger partial charge is 0.381 e. The zero-order valence-electron chi connectivity index (χ0n) is 8.16. The molecule has 2 rings (SSSR count). The molecule has 1 saturated heterocycles. The van der Waals surface area contributed by atoms with E-state index in [4.69, 9.17) is 0 Å². The van der Waals surface area contributed by atoms with Crippen LogP contribution in [0, 0.1) is 3.57 Å². The van der Waals surface area contributed by atoms with Crippen molar-refractivity contribution < 1.29 is 0 Å². The molecule has 14 heavy (non-hydrogen) atoms. The highest BCUT2D eigenvalue weighted by atomic mass is 127. The Morgan fingerprint density at radius 2 is 2.36 bits per heavy atom. The molecule has 0 bridgehead atoms. The number of hydrogen-bond donors (Lipinski definition) is 1. The Morgan fingerprint density at radius 1 is 1.50 bits per heavy atom. The van der Waals surface area contributed by atoms with Crippen molar-refractivity contribution in [2.75, 3.05) is 11.1 Å². The number of halogens is 1. The summed E-state index contributed by atoms with van der Waals surface area (Å²) >= 11 is 4.42. The van der Waals surface area contributed by atoms with Crippen molar-refractivity contribution in [3.8, 4) is 0 Å². The monoisotopic (exact) mass is 319 g/mol. The van der Waals surface area contributed by atoms with Gasteiger partial charge in [-0.1, -0.05) is 13.0 Å². The van der Waals surface area contributed by atoms with E-state index in [0.29, 0.717) is 6.04 Å². The Balaban J connectivity index is 1.97. The lowest BCUT2D eigenvalue weighted by molar-refractivity contribution is 0.747. The molecule has 0 spiro atoms. The fourth-order valence-corrected chi connectivity index (χ4v) is 3.42. The van der Waals surface area contributed by atoms with E-state index in [-0.39, 0.29) is 0 Å². The number of benzene rings is 1. The summed E-state index contributed by atoms with van der Waals surface area (Å²) in [5.41, 5.74) is 1.26. The lowest BCUT2D eigenvalue weighted by Crippen LogP contribution is -2.18. The van der Waals surface area contributed by atoms with Crippen LogP contribution in [0.4, 0.5) is 5.69 Å². The van der Waals surface area contributed by atoms with Gasteiger partial charge < -0.3 is 5.32 Å². The summed E-state index contributed by atoms with van der Waals surface area (Å²) in [5, 5.41) is 4.40. The summed E-state index contributed by atoms with van der Waals surface area (Å²) in [4.78, 5) is 0. The number of nitrogens with one attached hydrogen (secondary N) is 1. The molecule has 2 atom stereocenters. The van der Waals surface area contributed by atoms with Gasteiger partial charge in [0, 0.05) is 26.3 Å². The topological polar surface area (TPSA) is 12.0 Å². The van der Waals surface area contributed by atoms with Crippen LogP contribution in [0.3, 0.4) is 0 Å². The number of thioether (sulfide) groups is 1. The first-order valence-corrected chi connectivity index (χ1v) is 7.00. The maximum absolute atomic E-state index is 3.59. The van der Waals surface area contributed by atoms with Crippen molar-refractivity contribution in [1.29, 1.82) is 0 Å². The third kappa shape index (κ3) is 2.79. The molecule has 3 heteroatoms. The second kappa shape index (κ2) is 4.75. The molecule has 0 radical (unpaired) electrons. The minimum Gasteiger partial charge on any atom is -0.381 e. The van der Waals surface area contributed by atoms with Crippen molar-refractivity contribution in [2.45, 2.75) is 24.6 Å². The Morgan fingerprint density at radius 3 is 3.00 bits per heavy atom. The summed E-state index contributed by atoms with van der Waals surface area (Å²) < 4.78 is 1.30. The molecule has 1 N–H and O–H groups in total. The molecule has 2 unspecified atom stereocenters. The summed E-state index contributed by atoms with van der Waals surface area (Å²) in [6.45, 7) is 2.31. The highest BCUT2D eigenvalue weighted by molar-refractivity contribution is 14.1. The number of anilines is 1. The highest BCUT2D eigenvalue weighted by Gasteiger charge is 2.21. The first-order valence-electron chi connectivity index (χ1n) is 4.88. The van der Waals surface area contributed by atoms with Crippen molar-refractivity contribution >= 4 is 40.0 Å². The zero-order valence-corrected chi connectivity index (χ0v) is 11.1. The van der Waals surface area contributed by atoms with E-state index in [0.717, 1.165) is 5.25 Å². The second-order valence-electron chi connectivity index (χ2n) is 3.73. The van der Waals surface area contributed by atoms with Gasteiger partial charge in [0.2, 0.25) is 0 Å². The van der Waals surface area contributed by atoms with Crippen LogP contribution in [-0.4, -0.2) is 17.0 Å². The van der Waals surface area contributed by atoms with Crippen LogP contribution in [-0.2, 0) is 0 Å². The summed E-state index contributed by atoms with van der Waals surface area (Å²) in [7, 11) is 0. The van der Waals surface area contributed by atoms with Crippen LogP contribution >= 0.6 is 34.4 Å². The summed E-state index contributed by atoms with van der Waals surface area (Å²) in [6.07, 6.45) is 1.29. The minimum absolute atomic E-state index is 0.660. The molecule has 1 nitrogen and oxygen atoms in total. The molecular formula is C11H14INS. The molecule has 0 saturated carbocycles. The van der Waals surface area contributed by atoms with Crippen molar-refractivity contribution in [1.82, 2.24) is 0 Å². The van der Waals surface area contributed by atoms with E-state index in [9.17, 15) is 0 Å². The lowest BCUT2D eigenvalue weighted by Gasteiger charge is -2.13. The molecule has 1 fully saturated rings. The lowest BCUT2D eigenvalue weighted by atomic mass is 10.2. The normalized spacial score (nSPS) is 26.4. The predicted octanol–water partition coefficient (Wildman–Crippen LogP) is 3.60. The quantitative estimate of drug-likeness (QED) is 0.836. The van der Waals surface area contributed by atoms with E-state index in [2.05, 4.69) is 70.9 Å². The Hall–Kier alpha value is 0.1000. The third-order valence-electron chi connectivity index (χ3n) is 2.39. The van der Waals surface area contributed by atoms with Gasteiger partial charge in [-0.25, -0.2) is 0 Å². The predicted molar refractivity (Wildman–Crippen MR) is 73.1 cm³/mol. The van der Waals surface area contributed by atoms with Gasteiger partial charge in [-0.3, -0.25) is 0 Å². The van der Waals surface area contributed by atoms with Crippen molar-refractivity contribution in [3.63, 3.8) is 0 Å². The van der Waals surface area contributed by atoms with Gasteiger partial charge in [-0.05, 0) is 47.2 Å². The van der Waals surface area contributed by atoms with E-state index < -0.39 is 0 Å². The van der Waals surface area contributed by atoms with Crippen LogP contribution in [0.5, 0.6) is 0 Å². The van der Waals surface area contributed by atoms with Gasteiger partial charge in [0.05, 0.1) is 0 Å². The standard InChI is InChI=1S/C11H14INS/c1-8-5-11(7-14-8)13-10-4-2-3-9(12)6-10/h2-4,6,8,11,13H,5,7H2,1H3. The van der Waals surface area contributed by atoms with Crippen LogP contribution in [0.1, 0.15) is 13.3 Å². The fraction of sp³-hybridized carbons (Fsp3) is 0.455. The fourth-order valence-electron chi connectivity index (χ4n) is 1.73. The average molecular weight is 319 g/mol. The van der Waals surface area contributed by atoms with Gasteiger partial charge in [0.1, 0.15) is 0 Å². The molecule has 0 aliphatic carbocycles. The SMILES string of the molecule is CC1CC(Nc2cccc(I)c2)CS1. The second-order valence-corrected chi connectivity index (χ2v) is 6.45. The van der Waals surface area contributed by atoms with Crippen LogP contribution in [0.2, 0.25) is 0 Å². The van der Waals surface area contributed by atoms with Gasteiger partial charge in [0.25, 0.3) is 0 Å². The molecule has 76 valence electrons. The Bertz CT molecular complexity index is 316. The van der Waals surface area contributed by atoms with Crippen LogP contribution in [0.25, 0.3) is 0 Å². The van der Waals surface area contributed by atoms with Gasteiger partial charge in [-0.15, -0.1) is 0 Å². The molecule has 1 aliphatic heterocycles. The van der Waals surface area contributed by atoms with Crippen molar-refractivity contribution in [2.24, 2.45) is 0 Å². The van der Waals surface area contributed by atoms with Crippen molar-refractivity contribution in [3.05, 3.63) is 27.8 Å². The van der Waals surface area contributed by atoms with E-state index in [1.165, 1.54) is 21.4 Å². The minimum atomic E-state index is 0.660. The number of rotatable bonds is 2. The third-order valence-corrected chi connectivity index (χ3v) is 4.42. The molecule has 1 heterocycles. The van der Waals surface area contributed by atoms with E-state index in [1.807, 2.05) is 0 Å². The first kappa shape index (κ1) is 10.6. The smallest absolute Gasteiger partial charge is 0.0362 e. The van der Waals surface area contributed by atoms with E-state index in [1.54, 1.807) is 0 Å². The molecule has 1 aromatic carbocycles.